The van der Waals surface area contributed by atoms with Crippen LogP contribution in [0.5, 0.6) is 0 Å². The number of benzene rings is 2. The fraction of sp³-hybridized carbons (Fsp3) is 0.105. The summed E-state index contributed by atoms with van der Waals surface area (Å²) in [4.78, 5) is 14.7. The molecule has 0 aliphatic carbocycles. The van der Waals surface area contributed by atoms with Gasteiger partial charge in [0.2, 0.25) is 0 Å². The number of hydrogen-bond acceptors (Lipinski definition) is 5. The molecule has 26 heavy (non-hydrogen) atoms. The Labute approximate surface area is 161 Å². The Balaban J connectivity index is 1.71. The molecule has 2 aromatic rings. The van der Waals surface area contributed by atoms with Crippen LogP contribution in [0.25, 0.3) is 6.08 Å². The highest BCUT2D eigenvalue weighted by molar-refractivity contribution is 8.18. The van der Waals surface area contributed by atoms with E-state index in [1.807, 2.05) is 67.5 Å². The topological polar surface area (TPSA) is 57.1 Å². The first-order valence-electron chi connectivity index (χ1n) is 7.87. The first-order valence-corrected chi connectivity index (χ1v) is 9.06. The van der Waals surface area contributed by atoms with Crippen molar-refractivity contribution < 1.29 is 4.79 Å². The molecule has 0 saturated carbocycles. The molecule has 1 fully saturated rings. The van der Waals surface area contributed by atoms with Crippen LogP contribution in [0.1, 0.15) is 11.1 Å². The van der Waals surface area contributed by atoms with Crippen molar-refractivity contribution in [3.05, 3.63) is 69.6 Å². The highest BCUT2D eigenvalue weighted by Gasteiger charge is 2.23. The molecule has 0 bridgehead atoms. The van der Waals surface area contributed by atoms with Gasteiger partial charge >= 0.3 is 0 Å². The van der Waals surface area contributed by atoms with Gasteiger partial charge in [-0.3, -0.25) is 10.1 Å². The van der Waals surface area contributed by atoms with Gasteiger partial charge in [-0.2, -0.15) is 5.10 Å². The third kappa shape index (κ3) is 4.53. The second-order valence-corrected chi connectivity index (χ2v) is 7.16. The molecule has 0 atom stereocenters. The van der Waals surface area contributed by atoms with E-state index >= 15 is 0 Å². The molecule has 1 amide bonds. The second kappa shape index (κ2) is 8.21. The number of nitrogens with zero attached hydrogens (tertiary/aromatic N) is 3. The molecule has 132 valence electrons. The van der Waals surface area contributed by atoms with Gasteiger partial charge in [0.05, 0.1) is 11.1 Å². The van der Waals surface area contributed by atoms with Gasteiger partial charge in [-0.25, -0.2) is 0 Å². The van der Waals surface area contributed by atoms with Crippen LogP contribution in [0.3, 0.4) is 0 Å². The summed E-state index contributed by atoms with van der Waals surface area (Å²) in [6.45, 7) is 0. The van der Waals surface area contributed by atoms with Gasteiger partial charge in [0.15, 0.2) is 5.17 Å². The van der Waals surface area contributed by atoms with E-state index in [2.05, 4.69) is 15.5 Å². The van der Waals surface area contributed by atoms with E-state index in [1.165, 1.54) is 11.8 Å². The largest absolute Gasteiger partial charge is 0.378 e. The Morgan fingerprint density at radius 1 is 1.12 bits per heavy atom. The lowest BCUT2D eigenvalue weighted by atomic mass is 10.2. The number of hydrogen-bond donors (Lipinski definition) is 1. The van der Waals surface area contributed by atoms with Crippen LogP contribution in [0.2, 0.25) is 5.02 Å². The Hall–Kier alpha value is -2.57. The number of amidine groups is 1. The molecule has 1 aliphatic rings. The van der Waals surface area contributed by atoms with Gasteiger partial charge in [-0.15, -0.1) is 5.10 Å². The summed E-state index contributed by atoms with van der Waals surface area (Å²) < 4.78 is 0. The Kier molecular flexibility index (Phi) is 5.75. The van der Waals surface area contributed by atoms with Crippen LogP contribution in [0.4, 0.5) is 5.69 Å². The van der Waals surface area contributed by atoms with Crippen LogP contribution in [-0.4, -0.2) is 31.4 Å². The summed E-state index contributed by atoms with van der Waals surface area (Å²) >= 11 is 7.32. The quantitative estimate of drug-likeness (QED) is 0.492. The fourth-order valence-electron chi connectivity index (χ4n) is 2.22. The molecule has 0 radical (unpaired) electrons. The first kappa shape index (κ1) is 18.2. The maximum atomic E-state index is 12.1. The van der Waals surface area contributed by atoms with Crippen molar-refractivity contribution in [1.82, 2.24) is 5.32 Å². The molecule has 7 heteroatoms. The molecule has 5 nitrogen and oxygen atoms in total. The Morgan fingerprint density at radius 2 is 1.85 bits per heavy atom. The molecule has 0 aromatic heterocycles. The van der Waals surface area contributed by atoms with Gasteiger partial charge < -0.3 is 4.90 Å². The van der Waals surface area contributed by atoms with Crippen molar-refractivity contribution >= 4 is 52.4 Å². The number of carbonyl (C=O) groups is 1. The number of carbonyl (C=O) groups excluding carboxylic acids is 1. The first-order chi connectivity index (χ1) is 12.5. The van der Waals surface area contributed by atoms with Crippen molar-refractivity contribution in [2.24, 2.45) is 10.2 Å². The van der Waals surface area contributed by atoms with Crippen molar-refractivity contribution in [3.8, 4) is 0 Å². The van der Waals surface area contributed by atoms with E-state index in [4.69, 9.17) is 11.6 Å². The lowest BCUT2D eigenvalue weighted by Crippen LogP contribution is -2.19. The average Bonchev–Trinajstić information content (AvgIpc) is 2.96. The summed E-state index contributed by atoms with van der Waals surface area (Å²) in [7, 11) is 3.97. The predicted molar refractivity (Wildman–Crippen MR) is 111 cm³/mol. The van der Waals surface area contributed by atoms with Gasteiger partial charge in [0.25, 0.3) is 5.91 Å². The lowest BCUT2D eigenvalue weighted by molar-refractivity contribution is -0.115. The molecule has 1 heterocycles. The molecule has 2 aromatic carbocycles. The van der Waals surface area contributed by atoms with Crippen molar-refractivity contribution in [1.29, 1.82) is 0 Å². The second-order valence-electron chi connectivity index (χ2n) is 5.72. The van der Waals surface area contributed by atoms with Crippen LogP contribution in [-0.2, 0) is 4.79 Å². The van der Waals surface area contributed by atoms with E-state index < -0.39 is 0 Å². The predicted octanol–water partition coefficient (Wildman–Crippen LogP) is 4.00. The molecule has 1 aliphatic heterocycles. The van der Waals surface area contributed by atoms with Crippen LogP contribution >= 0.6 is 23.4 Å². The van der Waals surface area contributed by atoms with Crippen LogP contribution < -0.4 is 10.2 Å². The zero-order valence-electron chi connectivity index (χ0n) is 14.3. The lowest BCUT2D eigenvalue weighted by Gasteiger charge is -2.11. The van der Waals surface area contributed by atoms with E-state index in [1.54, 1.807) is 12.3 Å². The maximum Gasteiger partial charge on any atom is 0.264 e. The van der Waals surface area contributed by atoms with Gasteiger partial charge in [-0.1, -0.05) is 41.9 Å². The highest BCUT2D eigenvalue weighted by atomic mass is 35.5. The fourth-order valence-corrected chi connectivity index (χ4v) is 3.18. The number of anilines is 1. The maximum absolute atomic E-state index is 12.1. The Morgan fingerprint density at radius 3 is 2.54 bits per heavy atom. The van der Waals surface area contributed by atoms with Crippen molar-refractivity contribution in [3.63, 3.8) is 0 Å². The summed E-state index contributed by atoms with van der Waals surface area (Å²) in [5, 5.41) is 11.8. The summed E-state index contributed by atoms with van der Waals surface area (Å²) in [5.74, 6) is -0.182. The smallest absolute Gasteiger partial charge is 0.264 e. The third-order valence-electron chi connectivity index (χ3n) is 3.61. The van der Waals surface area contributed by atoms with Crippen LogP contribution in [0.15, 0.2) is 63.6 Å². The molecular formula is C19H17ClN4OS. The van der Waals surface area contributed by atoms with E-state index in [-0.39, 0.29) is 5.91 Å². The number of amides is 1. The van der Waals surface area contributed by atoms with E-state index in [0.717, 1.165) is 16.8 Å². The zero-order chi connectivity index (χ0) is 18.5. The van der Waals surface area contributed by atoms with Crippen LogP contribution in [0, 0.1) is 0 Å². The molecule has 1 saturated heterocycles. The average molecular weight is 385 g/mol. The number of rotatable bonds is 4. The molecular weight excluding hydrogens is 368 g/mol. The SMILES string of the molecule is CN(C)c1ccc(/C=C2/S/C(=N/N=C\c3ccccc3Cl)NC2=O)cc1. The van der Waals surface area contributed by atoms with Crippen molar-refractivity contribution in [2.45, 2.75) is 0 Å². The monoisotopic (exact) mass is 384 g/mol. The molecule has 0 unspecified atom stereocenters. The number of thioether (sulfide) groups is 1. The van der Waals surface area contributed by atoms with Gasteiger partial charge in [0.1, 0.15) is 0 Å². The zero-order valence-corrected chi connectivity index (χ0v) is 15.9. The standard InChI is InChI=1S/C19H17ClN4OS/c1-24(2)15-9-7-13(8-10-15)11-17-18(25)22-19(26-17)23-21-12-14-5-3-4-6-16(14)20/h3-12H,1-2H3,(H,22,23,25)/b17-11+,21-12-. The molecule has 1 N–H and O–H groups in total. The minimum absolute atomic E-state index is 0.182. The normalized spacial score (nSPS) is 17.3. The minimum atomic E-state index is -0.182. The molecule has 0 spiro atoms. The minimum Gasteiger partial charge on any atom is -0.378 e. The van der Waals surface area contributed by atoms with Crippen molar-refractivity contribution in [2.75, 3.05) is 19.0 Å². The number of nitrogens with one attached hydrogen (secondary N) is 1. The third-order valence-corrected chi connectivity index (χ3v) is 4.85. The Bertz CT molecular complexity index is 904. The van der Waals surface area contributed by atoms with Gasteiger partial charge in [0, 0.05) is 30.4 Å². The molecule has 3 rings (SSSR count). The summed E-state index contributed by atoms with van der Waals surface area (Å²) in [5.41, 5.74) is 2.82. The number of halogens is 1. The van der Waals surface area contributed by atoms with Gasteiger partial charge in [-0.05, 0) is 41.6 Å². The van der Waals surface area contributed by atoms with E-state index in [0.29, 0.717) is 15.1 Å². The summed E-state index contributed by atoms with van der Waals surface area (Å²) in [6.07, 6.45) is 3.39. The summed E-state index contributed by atoms with van der Waals surface area (Å²) in [6, 6.07) is 15.3. The highest BCUT2D eigenvalue weighted by Crippen LogP contribution is 2.26. The van der Waals surface area contributed by atoms with E-state index in [9.17, 15) is 4.79 Å².